The van der Waals surface area contributed by atoms with Gasteiger partial charge in [-0.1, -0.05) is 6.07 Å². The normalized spacial score (nSPS) is 14.3. The van der Waals surface area contributed by atoms with Crippen molar-refractivity contribution in [3.05, 3.63) is 54.1 Å². The summed E-state index contributed by atoms with van der Waals surface area (Å²) in [7, 11) is 1.59. The van der Waals surface area contributed by atoms with Crippen LogP contribution in [0.2, 0.25) is 0 Å². The molecule has 0 bridgehead atoms. The first-order chi connectivity index (χ1) is 14.5. The third-order valence-electron chi connectivity index (χ3n) is 4.63. The van der Waals surface area contributed by atoms with Gasteiger partial charge in [0.1, 0.15) is 5.69 Å². The lowest BCUT2D eigenvalue weighted by Gasteiger charge is -2.34. The van der Waals surface area contributed by atoms with Gasteiger partial charge in [0.25, 0.3) is 5.91 Å². The first-order valence-electron chi connectivity index (χ1n) is 9.85. The number of carbonyl (C=O) groups excluding carboxylic acids is 2. The van der Waals surface area contributed by atoms with Crippen LogP contribution in [0.5, 0.6) is 11.5 Å². The predicted molar refractivity (Wildman–Crippen MR) is 112 cm³/mol. The SMILES string of the molecule is COc1cc(/C=C/C(=O)N2CCN(C(=O)c3cnccn3)CC2)ccc1OC(C)C. The molecule has 0 saturated carbocycles. The topological polar surface area (TPSA) is 84.9 Å². The molecule has 1 fully saturated rings. The number of rotatable bonds is 6. The zero-order valence-electron chi connectivity index (χ0n) is 17.4. The third-order valence-corrected chi connectivity index (χ3v) is 4.63. The van der Waals surface area contributed by atoms with Crippen molar-refractivity contribution in [2.45, 2.75) is 20.0 Å². The Bertz CT molecular complexity index is 907. The van der Waals surface area contributed by atoms with Crippen LogP contribution in [-0.2, 0) is 4.79 Å². The molecule has 1 aromatic heterocycles. The van der Waals surface area contributed by atoms with Crippen LogP contribution in [0.1, 0.15) is 29.9 Å². The fourth-order valence-electron chi connectivity index (χ4n) is 3.11. The molecule has 0 spiro atoms. The molecule has 8 heteroatoms. The minimum absolute atomic E-state index is 0.0429. The minimum Gasteiger partial charge on any atom is -0.493 e. The fraction of sp³-hybridized carbons (Fsp3) is 0.364. The Labute approximate surface area is 176 Å². The van der Waals surface area contributed by atoms with E-state index >= 15 is 0 Å². The second kappa shape index (κ2) is 9.87. The molecule has 1 saturated heterocycles. The van der Waals surface area contributed by atoms with Gasteiger partial charge in [0.2, 0.25) is 5.91 Å². The van der Waals surface area contributed by atoms with Crippen LogP contribution in [-0.4, -0.2) is 71.0 Å². The quantitative estimate of drug-likeness (QED) is 0.680. The van der Waals surface area contributed by atoms with Gasteiger partial charge in [-0.25, -0.2) is 4.98 Å². The third kappa shape index (κ3) is 5.34. The number of aromatic nitrogens is 2. The van der Waals surface area contributed by atoms with Crippen LogP contribution in [0.4, 0.5) is 0 Å². The molecule has 0 aliphatic carbocycles. The molecule has 2 amide bonds. The van der Waals surface area contributed by atoms with Crippen molar-refractivity contribution in [3.63, 3.8) is 0 Å². The van der Waals surface area contributed by atoms with E-state index in [1.807, 2.05) is 32.0 Å². The molecular weight excluding hydrogens is 384 g/mol. The van der Waals surface area contributed by atoms with Crippen molar-refractivity contribution in [1.29, 1.82) is 0 Å². The average Bonchev–Trinajstić information content (AvgIpc) is 2.78. The number of methoxy groups -OCH3 is 1. The summed E-state index contributed by atoms with van der Waals surface area (Å²) in [4.78, 5) is 36.4. The van der Waals surface area contributed by atoms with Gasteiger partial charge < -0.3 is 19.3 Å². The number of carbonyl (C=O) groups is 2. The second-order valence-electron chi connectivity index (χ2n) is 7.12. The Balaban J connectivity index is 1.57. The molecule has 0 unspecified atom stereocenters. The van der Waals surface area contributed by atoms with Crippen molar-refractivity contribution in [2.24, 2.45) is 0 Å². The standard InChI is InChI=1S/C22H26N4O4/c1-16(2)30-19-6-4-17(14-20(19)29-3)5-7-21(27)25-10-12-26(13-11-25)22(28)18-15-23-8-9-24-18/h4-9,14-16H,10-13H2,1-3H3/b7-5+. The van der Waals surface area contributed by atoms with Gasteiger partial charge in [0.05, 0.1) is 19.4 Å². The maximum Gasteiger partial charge on any atom is 0.274 e. The number of hydrogen-bond donors (Lipinski definition) is 0. The Morgan fingerprint density at radius 2 is 1.80 bits per heavy atom. The van der Waals surface area contributed by atoms with Crippen molar-refractivity contribution < 1.29 is 19.1 Å². The lowest BCUT2D eigenvalue weighted by Crippen LogP contribution is -2.50. The molecule has 0 N–H and O–H groups in total. The van der Waals surface area contributed by atoms with Crippen LogP contribution < -0.4 is 9.47 Å². The van der Waals surface area contributed by atoms with Gasteiger partial charge in [-0.3, -0.25) is 14.6 Å². The number of nitrogens with zero attached hydrogens (tertiary/aromatic N) is 4. The van der Waals surface area contributed by atoms with E-state index in [2.05, 4.69) is 9.97 Å². The number of amides is 2. The number of ether oxygens (including phenoxy) is 2. The highest BCUT2D eigenvalue weighted by molar-refractivity contribution is 5.93. The minimum atomic E-state index is -0.165. The molecule has 2 aromatic rings. The zero-order valence-corrected chi connectivity index (χ0v) is 17.4. The maximum absolute atomic E-state index is 12.5. The van der Waals surface area contributed by atoms with Crippen LogP contribution in [0.25, 0.3) is 6.08 Å². The van der Waals surface area contributed by atoms with E-state index in [0.717, 1.165) is 5.56 Å². The first kappa shape index (κ1) is 21.3. The highest BCUT2D eigenvalue weighted by Crippen LogP contribution is 2.29. The van der Waals surface area contributed by atoms with E-state index in [1.54, 1.807) is 23.0 Å². The van der Waals surface area contributed by atoms with E-state index in [0.29, 0.717) is 43.4 Å². The Morgan fingerprint density at radius 1 is 1.07 bits per heavy atom. The molecule has 30 heavy (non-hydrogen) atoms. The average molecular weight is 410 g/mol. The molecular formula is C22H26N4O4. The molecule has 158 valence electrons. The summed E-state index contributed by atoms with van der Waals surface area (Å²) in [5, 5.41) is 0. The number of piperazine rings is 1. The fourth-order valence-corrected chi connectivity index (χ4v) is 3.11. The summed E-state index contributed by atoms with van der Waals surface area (Å²) in [6.07, 6.45) is 7.81. The molecule has 8 nitrogen and oxygen atoms in total. The van der Waals surface area contributed by atoms with Crippen molar-refractivity contribution in [1.82, 2.24) is 19.8 Å². The van der Waals surface area contributed by atoms with Gasteiger partial charge in [-0.05, 0) is 37.6 Å². The van der Waals surface area contributed by atoms with E-state index in [-0.39, 0.29) is 17.9 Å². The number of benzene rings is 1. The highest BCUT2D eigenvalue weighted by Gasteiger charge is 2.24. The van der Waals surface area contributed by atoms with Crippen LogP contribution in [0.15, 0.2) is 42.9 Å². The Kier molecular flexibility index (Phi) is 7.00. The van der Waals surface area contributed by atoms with Gasteiger partial charge in [-0.2, -0.15) is 0 Å². The molecule has 0 atom stereocenters. The summed E-state index contributed by atoms with van der Waals surface area (Å²) in [6.45, 7) is 5.77. The van der Waals surface area contributed by atoms with E-state index < -0.39 is 0 Å². The summed E-state index contributed by atoms with van der Waals surface area (Å²) >= 11 is 0. The van der Waals surface area contributed by atoms with Crippen LogP contribution in [0, 0.1) is 0 Å². The molecule has 0 radical (unpaired) electrons. The summed E-state index contributed by atoms with van der Waals surface area (Å²) in [5.74, 6) is 1.03. The van der Waals surface area contributed by atoms with Gasteiger partial charge in [0.15, 0.2) is 11.5 Å². The maximum atomic E-state index is 12.5. The summed E-state index contributed by atoms with van der Waals surface area (Å²) in [6, 6.07) is 5.54. The molecule has 2 heterocycles. The van der Waals surface area contributed by atoms with Gasteiger partial charge in [0, 0.05) is 44.6 Å². The predicted octanol–water partition coefficient (Wildman–Crippen LogP) is 2.27. The van der Waals surface area contributed by atoms with E-state index in [1.165, 1.54) is 24.7 Å². The molecule has 1 aromatic carbocycles. The highest BCUT2D eigenvalue weighted by atomic mass is 16.5. The molecule has 1 aliphatic heterocycles. The van der Waals surface area contributed by atoms with E-state index in [4.69, 9.17) is 9.47 Å². The lowest BCUT2D eigenvalue weighted by molar-refractivity contribution is -0.127. The summed E-state index contributed by atoms with van der Waals surface area (Å²) < 4.78 is 11.1. The molecule has 1 aliphatic rings. The first-order valence-corrected chi connectivity index (χ1v) is 9.85. The smallest absolute Gasteiger partial charge is 0.274 e. The number of hydrogen-bond acceptors (Lipinski definition) is 6. The zero-order chi connectivity index (χ0) is 21.5. The van der Waals surface area contributed by atoms with E-state index in [9.17, 15) is 9.59 Å². The van der Waals surface area contributed by atoms with Crippen molar-refractivity contribution in [2.75, 3.05) is 33.3 Å². The monoisotopic (exact) mass is 410 g/mol. The largest absolute Gasteiger partial charge is 0.493 e. The lowest BCUT2D eigenvalue weighted by atomic mass is 10.1. The summed E-state index contributed by atoms with van der Waals surface area (Å²) in [5.41, 5.74) is 1.16. The van der Waals surface area contributed by atoms with Crippen LogP contribution >= 0.6 is 0 Å². The molecule has 3 rings (SSSR count). The van der Waals surface area contributed by atoms with Crippen LogP contribution in [0.3, 0.4) is 0 Å². The van der Waals surface area contributed by atoms with Crippen molar-refractivity contribution >= 4 is 17.9 Å². The second-order valence-corrected chi connectivity index (χ2v) is 7.12. The van der Waals surface area contributed by atoms with Gasteiger partial charge in [-0.15, -0.1) is 0 Å². The Morgan fingerprint density at radius 3 is 2.43 bits per heavy atom. The Hall–Kier alpha value is -3.42. The van der Waals surface area contributed by atoms with Gasteiger partial charge >= 0.3 is 0 Å². The van der Waals surface area contributed by atoms with Crippen molar-refractivity contribution in [3.8, 4) is 11.5 Å².